The second-order valence-corrected chi connectivity index (χ2v) is 6.08. The van der Waals surface area contributed by atoms with E-state index in [1.807, 2.05) is 37.2 Å². The number of aliphatic imine (C=N–C) groups is 1. The second kappa shape index (κ2) is 11.7. The van der Waals surface area contributed by atoms with Gasteiger partial charge >= 0.3 is 0 Å². The van der Waals surface area contributed by atoms with Gasteiger partial charge in [-0.2, -0.15) is 0 Å². The van der Waals surface area contributed by atoms with Crippen LogP contribution in [-0.2, 0) is 11.3 Å². The average molecular weight is 431 g/mol. The lowest BCUT2D eigenvalue weighted by molar-refractivity contribution is 0.0573. The van der Waals surface area contributed by atoms with E-state index in [-0.39, 0.29) is 24.0 Å². The van der Waals surface area contributed by atoms with Crippen LogP contribution >= 0.6 is 24.0 Å². The van der Waals surface area contributed by atoms with Crippen LogP contribution in [0.1, 0.15) is 37.7 Å². The topological polar surface area (TPSA) is 36.9 Å². The van der Waals surface area contributed by atoms with E-state index in [4.69, 9.17) is 4.74 Å². The number of guanidine groups is 1. The molecule has 0 saturated heterocycles. The van der Waals surface area contributed by atoms with Crippen LogP contribution in [0.4, 0.5) is 0 Å². The van der Waals surface area contributed by atoms with Gasteiger partial charge in [0.1, 0.15) is 0 Å². The van der Waals surface area contributed by atoms with Crippen LogP contribution in [-0.4, -0.2) is 44.2 Å². The van der Waals surface area contributed by atoms with Crippen LogP contribution < -0.4 is 5.32 Å². The minimum Gasteiger partial charge on any atom is -0.378 e. The van der Waals surface area contributed by atoms with E-state index in [0.29, 0.717) is 12.6 Å². The normalized spacial score (nSPS) is 15.3. The van der Waals surface area contributed by atoms with Crippen LogP contribution in [0, 0.1) is 0 Å². The van der Waals surface area contributed by atoms with Crippen molar-refractivity contribution in [2.75, 3.05) is 27.2 Å². The smallest absolute Gasteiger partial charge is 0.193 e. The number of hydrogen-bond donors (Lipinski definition) is 1. The molecule has 0 spiro atoms. The van der Waals surface area contributed by atoms with Crippen LogP contribution in [0.3, 0.4) is 0 Å². The quantitative estimate of drug-likeness (QED) is 0.310. The van der Waals surface area contributed by atoms with Crippen molar-refractivity contribution in [2.24, 2.45) is 4.99 Å². The summed E-state index contributed by atoms with van der Waals surface area (Å²) < 4.78 is 5.88. The van der Waals surface area contributed by atoms with Crippen molar-refractivity contribution >= 4 is 29.9 Å². The highest BCUT2D eigenvalue weighted by Crippen LogP contribution is 2.20. The van der Waals surface area contributed by atoms with E-state index >= 15 is 0 Å². The van der Waals surface area contributed by atoms with E-state index in [9.17, 15) is 0 Å². The average Bonchev–Trinajstić information content (AvgIpc) is 3.04. The summed E-state index contributed by atoms with van der Waals surface area (Å²) in [6, 6.07) is 10.3. The maximum Gasteiger partial charge on any atom is 0.193 e. The minimum atomic E-state index is 0. The summed E-state index contributed by atoms with van der Waals surface area (Å²) in [5, 5.41) is 3.41. The van der Waals surface area contributed by atoms with E-state index in [1.54, 1.807) is 0 Å². The Labute approximate surface area is 157 Å². The molecule has 130 valence electrons. The van der Waals surface area contributed by atoms with Gasteiger partial charge in [0, 0.05) is 27.2 Å². The van der Waals surface area contributed by atoms with Crippen LogP contribution in [0.2, 0.25) is 0 Å². The van der Waals surface area contributed by atoms with Crippen molar-refractivity contribution in [3.05, 3.63) is 35.9 Å². The Morgan fingerprint density at radius 2 is 1.91 bits per heavy atom. The standard InChI is InChI=1S/C18H29N3O.HI/c1-21(2)18(20-15-16-9-4-3-5-10-16)19-13-8-14-22-17-11-6-7-12-17;/h3-5,9-10,17H,6-8,11-15H2,1-2H3,(H,19,20);1H. The molecule has 1 aromatic carbocycles. The summed E-state index contributed by atoms with van der Waals surface area (Å²) in [6.45, 7) is 2.45. The lowest BCUT2D eigenvalue weighted by Gasteiger charge is -2.18. The Hall–Kier alpha value is -0.820. The molecule has 0 aliphatic heterocycles. The van der Waals surface area contributed by atoms with Crippen LogP contribution in [0.25, 0.3) is 0 Å². The summed E-state index contributed by atoms with van der Waals surface area (Å²) in [5.74, 6) is 0.935. The summed E-state index contributed by atoms with van der Waals surface area (Å²) >= 11 is 0. The summed E-state index contributed by atoms with van der Waals surface area (Å²) in [4.78, 5) is 6.69. The fraction of sp³-hybridized carbons (Fsp3) is 0.611. The number of ether oxygens (including phenoxy) is 1. The third-order valence-corrected chi connectivity index (χ3v) is 3.94. The maximum atomic E-state index is 5.88. The number of benzene rings is 1. The summed E-state index contributed by atoms with van der Waals surface area (Å²) in [7, 11) is 4.04. The van der Waals surface area contributed by atoms with E-state index in [2.05, 4.69) is 22.4 Å². The van der Waals surface area contributed by atoms with Crippen molar-refractivity contribution in [1.29, 1.82) is 0 Å². The van der Waals surface area contributed by atoms with E-state index in [1.165, 1.54) is 31.2 Å². The first kappa shape index (κ1) is 20.2. The Kier molecular flexibility index (Phi) is 10.3. The van der Waals surface area contributed by atoms with Gasteiger partial charge in [0.15, 0.2) is 5.96 Å². The Morgan fingerprint density at radius 3 is 2.57 bits per heavy atom. The predicted molar refractivity (Wildman–Crippen MR) is 108 cm³/mol. The van der Waals surface area contributed by atoms with Gasteiger partial charge in [-0.25, -0.2) is 4.99 Å². The first-order chi connectivity index (χ1) is 10.8. The van der Waals surface area contributed by atoms with Crippen molar-refractivity contribution in [3.63, 3.8) is 0 Å². The van der Waals surface area contributed by atoms with E-state index < -0.39 is 0 Å². The number of rotatable bonds is 7. The Balaban J connectivity index is 0.00000264. The number of halogens is 1. The number of hydrogen-bond acceptors (Lipinski definition) is 2. The molecule has 0 unspecified atom stereocenters. The van der Waals surface area contributed by atoms with Gasteiger partial charge in [-0.1, -0.05) is 43.2 Å². The minimum absolute atomic E-state index is 0. The molecule has 1 N–H and O–H groups in total. The van der Waals surface area contributed by atoms with Crippen molar-refractivity contribution in [2.45, 2.75) is 44.8 Å². The second-order valence-electron chi connectivity index (χ2n) is 6.08. The maximum absolute atomic E-state index is 5.88. The fourth-order valence-electron chi connectivity index (χ4n) is 2.68. The van der Waals surface area contributed by atoms with E-state index in [0.717, 1.165) is 25.5 Å². The van der Waals surface area contributed by atoms with Gasteiger partial charge in [-0.3, -0.25) is 0 Å². The first-order valence-corrected chi connectivity index (χ1v) is 8.37. The molecule has 0 aromatic heterocycles. The molecule has 1 aliphatic rings. The highest BCUT2D eigenvalue weighted by molar-refractivity contribution is 14.0. The van der Waals surface area contributed by atoms with Crippen molar-refractivity contribution in [3.8, 4) is 0 Å². The molecule has 1 saturated carbocycles. The highest BCUT2D eigenvalue weighted by atomic mass is 127. The number of nitrogens with zero attached hydrogens (tertiary/aromatic N) is 2. The molecule has 0 heterocycles. The molecule has 0 atom stereocenters. The molecule has 1 aromatic rings. The van der Waals surface area contributed by atoms with Gasteiger partial charge in [-0.15, -0.1) is 24.0 Å². The molecular weight excluding hydrogens is 401 g/mol. The third-order valence-electron chi connectivity index (χ3n) is 3.94. The molecular formula is C18H30IN3O. The monoisotopic (exact) mass is 431 g/mol. The molecule has 1 fully saturated rings. The SMILES string of the molecule is CN(C)C(=NCc1ccccc1)NCCCOC1CCCC1.I. The lowest BCUT2D eigenvalue weighted by Crippen LogP contribution is -2.37. The van der Waals surface area contributed by atoms with Gasteiger partial charge < -0.3 is 15.0 Å². The van der Waals surface area contributed by atoms with Crippen molar-refractivity contribution in [1.82, 2.24) is 10.2 Å². The molecule has 5 heteroatoms. The van der Waals surface area contributed by atoms with Gasteiger partial charge in [0.25, 0.3) is 0 Å². The summed E-state index contributed by atoms with van der Waals surface area (Å²) in [6.07, 6.45) is 6.69. The first-order valence-electron chi connectivity index (χ1n) is 8.37. The molecule has 2 rings (SSSR count). The molecule has 0 bridgehead atoms. The fourth-order valence-corrected chi connectivity index (χ4v) is 2.68. The molecule has 23 heavy (non-hydrogen) atoms. The molecule has 0 amide bonds. The zero-order chi connectivity index (χ0) is 15.6. The lowest BCUT2D eigenvalue weighted by atomic mass is 10.2. The summed E-state index contributed by atoms with van der Waals surface area (Å²) in [5.41, 5.74) is 1.23. The predicted octanol–water partition coefficient (Wildman–Crippen LogP) is 3.66. The Bertz CT molecular complexity index is 445. The largest absolute Gasteiger partial charge is 0.378 e. The molecule has 1 aliphatic carbocycles. The Morgan fingerprint density at radius 1 is 1.22 bits per heavy atom. The number of nitrogens with one attached hydrogen (secondary N) is 1. The zero-order valence-corrected chi connectivity index (χ0v) is 16.7. The third kappa shape index (κ3) is 8.01. The van der Waals surface area contributed by atoms with Crippen molar-refractivity contribution < 1.29 is 4.74 Å². The highest BCUT2D eigenvalue weighted by Gasteiger charge is 2.14. The molecule has 4 nitrogen and oxygen atoms in total. The van der Waals surface area contributed by atoms with Gasteiger partial charge in [0.05, 0.1) is 12.6 Å². The van der Waals surface area contributed by atoms with Crippen LogP contribution in [0.5, 0.6) is 0 Å². The van der Waals surface area contributed by atoms with Gasteiger partial charge in [-0.05, 0) is 24.8 Å². The molecule has 0 radical (unpaired) electrons. The van der Waals surface area contributed by atoms with Crippen LogP contribution in [0.15, 0.2) is 35.3 Å². The zero-order valence-electron chi connectivity index (χ0n) is 14.3. The van der Waals surface area contributed by atoms with Gasteiger partial charge in [0.2, 0.25) is 0 Å².